The summed E-state index contributed by atoms with van der Waals surface area (Å²) in [6.45, 7) is 10.1. The summed E-state index contributed by atoms with van der Waals surface area (Å²) in [5.74, 6) is 1.11. The third-order valence-corrected chi connectivity index (χ3v) is 6.14. The van der Waals surface area contributed by atoms with Gasteiger partial charge >= 0.3 is 6.03 Å². The molecule has 1 aromatic rings. The van der Waals surface area contributed by atoms with Gasteiger partial charge in [-0.2, -0.15) is 0 Å². The number of nitrogens with one attached hydrogen (secondary N) is 1. The quantitative estimate of drug-likeness (QED) is 0.825. The normalized spacial score (nSPS) is 23.1. The molecule has 2 N–H and O–H groups in total. The molecule has 3 rings (SSSR count). The van der Waals surface area contributed by atoms with E-state index in [0.717, 1.165) is 49.8 Å². The highest BCUT2D eigenvalue weighted by Gasteiger charge is 2.39. The van der Waals surface area contributed by atoms with E-state index in [0.29, 0.717) is 19.0 Å². The number of aromatic nitrogens is 2. The monoisotopic (exact) mass is 375 g/mol. The summed E-state index contributed by atoms with van der Waals surface area (Å²) in [5, 5.41) is 12.9. The number of urea groups is 1. The van der Waals surface area contributed by atoms with Crippen molar-refractivity contribution in [2.75, 3.05) is 37.7 Å². The fourth-order valence-corrected chi connectivity index (χ4v) is 4.16. The van der Waals surface area contributed by atoms with Crippen molar-refractivity contribution in [1.29, 1.82) is 0 Å². The number of aryl methyl sites for hydroxylation is 1. The molecule has 2 fully saturated rings. The first-order chi connectivity index (χ1) is 12.9. The molecule has 0 aliphatic carbocycles. The average Bonchev–Trinajstić information content (AvgIpc) is 3.20. The number of likely N-dealkylation sites (tertiary alicyclic amines) is 1. The van der Waals surface area contributed by atoms with Gasteiger partial charge in [-0.3, -0.25) is 0 Å². The van der Waals surface area contributed by atoms with Crippen molar-refractivity contribution in [3.8, 4) is 0 Å². The van der Waals surface area contributed by atoms with E-state index in [-0.39, 0.29) is 18.1 Å². The van der Waals surface area contributed by atoms with Crippen LogP contribution in [0.15, 0.2) is 6.07 Å². The number of nitrogens with zero attached hydrogens (tertiary/aromatic N) is 4. The van der Waals surface area contributed by atoms with Crippen LogP contribution in [0.4, 0.5) is 10.7 Å². The maximum absolute atomic E-state index is 12.7. The summed E-state index contributed by atoms with van der Waals surface area (Å²) in [6.07, 6.45) is 4.26. The van der Waals surface area contributed by atoms with Crippen molar-refractivity contribution < 1.29 is 9.90 Å². The van der Waals surface area contributed by atoms with Gasteiger partial charge in [-0.15, -0.1) is 0 Å². The molecular weight excluding hydrogens is 342 g/mol. The van der Waals surface area contributed by atoms with Crippen molar-refractivity contribution >= 4 is 12.0 Å². The van der Waals surface area contributed by atoms with E-state index in [1.54, 1.807) is 0 Å². The van der Waals surface area contributed by atoms with E-state index in [1.165, 1.54) is 12.8 Å². The van der Waals surface area contributed by atoms with E-state index in [2.05, 4.69) is 34.0 Å². The highest BCUT2D eigenvalue weighted by Crippen LogP contribution is 2.36. The second kappa shape index (κ2) is 8.42. The predicted octanol–water partition coefficient (Wildman–Crippen LogP) is 2.33. The Kier molecular flexibility index (Phi) is 6.19. The van der Waals surface area contributed by atoms with Crippen LogP contribution in [-0.2, 0) is 6.54 Å². The van der Waals surface area contributed by atoms with Crippen molar-refractivity contribution in [2.24, 2.45) is 11.3 Å². The summed E-state index contributed by atoms with van der Waals surface area (Å²) in [6, 6.07) is 1.86. The summed E-state index contributed by atoms with van der Waals surface area (Å²) in [7, 11) is 0. The maximum Gasteiger partial charge on any atom is 0.317 e. The number of anilines is 1. The molecule has 2 aliphatic rings. The molecule has 2 amide bonds. The first-order valence-corrected chi connectivity index (χ1v) is 10.2. The molecule has 1 aromatic heterocycles. The van der Waals surface area contributed by atoms with Crippen molar-refractivity contribution in [2.45, 2.75) is 53.0 Å². The van der Waals surface area contributed by atoms with Gasteiger partial charge in [0.25, 0.3) is 0 Å². The average molecular weight is 376 g/mol. The van der Waals surface area contributed by atoms with Crippen molar-refractivity contribution in [3.05, 3.63) is 17.5 Å². The fraction of sp³-hybridized carbons (Fsp3) is 0.750. The molecule has 0 aromatic carbocycles. The Hall–Kier alpha value is -1.89. The summed E-state index contributed by atoms with van der Waals surface area (Å²) >= 11 is 0. The van der Waals surface area contributed by atoms with Crippen LogP contribution < -0.4 is 10.2 Å². The molecule has 0 saturated carbocycles. The van der Waals surface area contributed by atoms with Gasteiger partial charge in [-0.05, 0) is 44.6 Å². The van der Waals surface area contributed by atoms with Gasteiger partial charge in [0.05, 0.1) is 18.8 Å². The van der Waals surface area contributed by atoms with Gasteiger partial charge in [0, 0.05) is 37.3 Å². The molecule has 0 bridgehead atoms. The third-order valence-electron chi connectivity index (χ3n) is 6.14. The largest absolute Gasteiger partial charge is 0.396 e. The summed E-state index contributed by atoms with van der Waals surface area (Å²) in [4.78, 5) is 25.9. The second-order valence-electron chi connectivity index (χ2n) is 8.35. The fourth-order valence-electron chi connectivity index (χ4n) is 4.16. The Balaban J connectivity index is 1.62. The third kappa shape index (κ3) is 4.51. The number of amides is 2. The molecule has 3 heterocycles. The Bertz CT molecular complexity index is 660. The molecule has 7 heteroatoms. The second-order valence-corrected chi connectivity index (χ2v) is 8.35. The first-order valence-electron chi connectivity index (χ1n) is 10.2. The number of carbonyl (C=O) groups is 1. The molecule has 7 nitrogen and oxygen atoms in total. The Morgan fingerprint density at radius 2 is 2.00 bits per heavy atom. The molecule has 0 spiro atoms. The van der Waals surface area contributed by atoms with E-state index >= 15 is 0 Å². The van der Waals surface area contributed by atoms with E-state index in [9.17, 15) is 9.90 Å². The lowest BCUT2D eigenvalue weighted by Crippen LogP contribution is -2.52. The van der Waals surface area contributed by atoms with Gasteiger partial charge in [0.15, 0.2) is 0 Å². The zero-order valence-electron chi connectivity index (χ0n) is 16.9. The first kappa shape index (κ1) is 19.9. The lowest BCUT2D eigenvalue weighted by Gasteiger charge is -2.44. The lowest BCUT2D eigenvalue weighted by molar-refractivity contribution is 0.0108. The van der Waals surface area contributed by atoms with Gasteiger partial charge in [-0.1, -0.05) is 13.8 Å². The van der Waals surface area contributed by atoms with Crippen LogP contribution in [0.25, 0.3) is 0 Å². The number of hydrogen-bond acceptors (Lipinski definition) is 5. The number of rotatable bonds is 5. The zero-order valence-corrected chi connectivity index (χ0v) is 16.9. The number of piperidine rings is 1. The molecule has 1 atom stereocenters. The number of carbonyl (C=O) groups excluding carboxylic acids is 1. The van der Waals surface area contributed by atoms with Gasteiger partial charge in [0.1, 0.15) is 0 Å². The minimum Gasteiger partial charge on any atom is -0.396 e. The topological polar surface area (TPSA) is 81.6 Å². The molecule has 150 valence electrons. The Morgan fingerprint density at radius 1 is 1.26 bits per heavy atom. The van der Waals surface area contributed by atoms with Crippen LogP contribution in [0.2, 0.25) is 0 Å². The molecule has 2 aliphatic heterocycles. The van der Waals surface area contributed by atoms with E-state index in [4.69, 9.17) is 0 Å². The van der Waals surface area contributed by atoms with Gasteiger partial charge < -0.3 is 20.2 Å². The van der Waals surface area contributed by atoms with Crippen LogP contribution >= 0.6 is 0 Å². The highest BCUT2D eigenvalue weighted by molar-refractivity contribution is 5.74. The van der Waals surface area contributed by atoms with Crippen LogP contribution in [0.5, 0.6) is 0 Å². The number of hydrogen-bond donors (Lipinski definition) is 2. The van der Waals surface area contributed by atoms with Crippen LogP contribution in [0.3, 0.4) is 0 Å². The number of aliphatic hydroxyl groups excluding tert-OH is 1. The highest BCUT2D eigenvalue weighted by atomic mass is 16.3. The van der Waals surface area contributed by atoms with Crippen LogP contribution in [0.1, 0.15) is 50.9 Å². The smallest absolute Gasteiger partial charge is 0.317 e. The summed E-state index contributed by atoms with van der Waals surface area (Å²) < 4.78 is 0. The number of aliphatic hydroxyl groups is 1. The molecule has 0 radical (unpaired) electrons. The molecule has 1 unspecified atom stereocenters. The van der Waals surface area contributed by atoms with Crippen molar-refractivity contribution in [3.63, 3.8) is 0 Å². The lowest BCUT2D eigenvalue weighted by atomic mass is 9.72. The Labute approximate surface area is 162 Å². The molecular formula is C20H33N5O2. The van der Waals surface area contributed by atoms with E-state index < -0.39 is 0 Å². The van der Waals surface area contributed by atoms with Crippen molar-refractivity contribution in [1.82, 2.24) is 20.2 Å². The zero-order chi connectivity index (χ0) is 19.4. The molecule has 27 heavy (non-hydrogen) atoms. The summed E-state index contributed by atoms with van der Waals surface area (Å²) in [5.41, 5.74) is 1.57. The maximum atomic E-state index is 12.7. The van der Waals surface area contributed by atoms with Crippen LogP contribution in [0, 0.1) is 18.3 Å². The van der Waals surface area contributed by atoms with Gasteiger partial charge in [-0.25, -0.2) is 14.8 Å². The Morgan fingerprint density at radius 3 is 2.67 bits per heavy atom. The molecule has 2 saturated heterocycles. The van der Waals surface area contributed by atoms with Gasteiger partial charge in [0.2, 0.25) is 5.95 Å². The standard InChI is InChI=1S/C20H33N5O2/c1-15(2)20(14-26)7-6-10-25(13-20)19(27)21-12-17-11-16(3)22-18(23-17)24-8-4-5-9-24/h11,15,26H,4-10,12-14H2,1-3H3,(H,21,27). The predicted molar refractivity (Wildman–Crippen MR) is 106 cm³/mol. The minimum atomic E-state index is -0.190. The van der Waals surface area contributed by atoms with Crippen LogP contribution in [-0.4, -0.2) is 58.8 Å². The SMILES string of the molecule is Cc1cc(CNC(=O)N2CCCC(CO)(C(C)C)C2)nc(N2CCCC2)n1. The minimum absolute atomic E-state index is 0.0767. The van der Waals surface area contributed by atoms with E-state index in [1.807, 2.05) is 17.9 Å².